The summed E-state index contributed by atoms with van der Waals surface area (Å²) >= 11 is 0. The minimum Gasteiger partial charge on any atom is -0.362 e. The van der Waals surface area contributed by atoms with Gasteiger partial charge in [-0.3, -0.25) is 5.10 Å². The molecular formula is C11H15N5. The largest absolute Gasteiger partial charge is 0.362 e. The first-order chi connectivity index (χ1) is 7.74. The average molecular weight is 217 g/mol. The van der Waals surface area contributed by atoms with Crippen LogP contribution in [0.5, 0.6) is 0 Å². The van der Waals surface area contributed by atoms with Crippen molar-refractivity contribution in [3.05, 3.63) is 24.3 Å². The minimum atomic E-state index is 0.898. The molecule has 0 saturated heterocycles. The number of anilines is 1. The van der Waals surface area contributed by atoms with Crippen LogP contribution in [0.15, 0.2) is 18.7 Å². The van der Waals surface area contributed by atoms with E-state index in [-0.39, 0.29) is 0 Å². The van der Waals surface area contributed by atoms with E-state index in [4.69, 9.17) is 0 Å². The summed E-state index contributed by atoms with van der Waals surface area (Å²) in [7, 11) is 3.97. The van der Waals surface area contributed by atoms with Crippen LogP contribution in [0.1, 0.15) is 12.5 Å². The number of H-pyrrole nitrogens is 1. The fourth-order valence-corrected chi connectivity index (χ4v) is 1.74. The SMILES string of the molecule is CCc1c(-c2cn[nH]c2)ncnc1N(C)C. The first kappa shape index (κ1) is 10.6. The topological polar surface area (TPSA) is 57.7 Å². The number of nitrogens with zero attached hydrogens (tertiary/aromatic N) is 4. The Labute approximate surface area is 94.5 Å². The molecule has 0 aliphatic heterocycles. The predicted octanol–water partition coefficient (Wildman–Crippen LogP) is 1.50. The van der Waals surface area contributed by atoms with E-state index in [0.29, 0.717) is 0 Å². The van der Waals surface area contributed by atoms with E-state index in [1.54, 1.807) is 12.5 Å². The van der Waals surface area contributed by atoms with Gasteiger partial charge in [0.25, 0.3) is 0 Å². The Morgan fingerprint density at radius 2 is 2.12 bits per heavy atom. The minimum absolute atomic E-state index is 0.898. The normalized spacial score (nSPS) is 10.4. The monoisotopic (exact) mass is 217 g/mol. The molecule has 0 aliphatic carbocycles. The molecule has 2 aromatic rings. The third kappa shape index (κ3) is 1.76. The van der Waals surface area contributed by atoms with Crippen molar-refractivity contribution < 1.29 is 0 Å². The van der Waals surface area contributed by atoms with Gasteiger partial charge in [0, 0.05) is 31.4 Å². The van der Waals surface area contributed by atoms with E-state index in [1.165, 1.54) is 0 Å². The first-order valence-corrected chi connectivity index (χ1v) is 5.24. The summed E-state index contributed by atoms with van der Waals surface area (Å²) in [6, 6.07) is 0. The molecule has 0 aliphatic rings. The van der Waals surface area contributed by atoms with Gasteiger partial charge in [0.2, 0.25) is 0 Å². The van der Waals surface area contributed by atoms with Crippen LogP contribution in [-0.4, -0.2) is 34.3 Å². The highest BCUT2D eigenvalue weighted by molar-refractivity contribution is 5.67. The van der Waals surface area contributed by atoms with Crippen LogP contribution in [0.2, 0.25) is 0 Å². The Hall–Kier alpha value is -1.91. The van der Waals surface area contributed by atoms with E-state index < -0.39 is 0 Å². The van der Waals surface area contributed by atoms with Crippen LogP contribution in [-0.2, 0) is 6.42 Å². The summed E-state index contributed by atoms with van der Waals surface area (Å²) in [5, 5.41) is 6.75. The summed E-state index contributed by atoms with van der Waals surface area (Å²) in [6.45, 7) is 2.11. The Balaban J connectivity index is 2.58. The lowest BCUT2D eigenvalue weighted by molar-refractivity contribution is 0.979. The molecule has 2 rings (SSSR count). The maximum absolute atomic E-state index is 4.34. The molecule has 1 N–H and O–H groups in total. The van der Waals surface area contributed by atoms with Crippen LogP contribution in [0.4, 0.5) is 5.82 Å². The van der Waals surface area contributed by atoms with Gasteiger partial charge in [0.15, 0.2) is 0 Å². The second kappa shape index (κ2) is 4.30. The van der Waals surface area contributed by atoms with E-state index in [9.17, 15) is 0 Å². The van der Waals surface area contributed by atoms with Gasteiger partial charge < -0.3 is 4.90 Å². The summed E-state index contributed by atoms with van der Waals surface area (Å²) in [6.07, 6.45) is 6.12. The molecule has 84 valence electrons. The van der Waals surface area contributed by atoms with E-state index in [2.05, 4.69) is 27.1 Å². The van der Waals surface area contributed by atoms with Gasteiger partial charge in [-0.15, -0.1) is 0 Å². The second-order valence-corrected chi connectivity index (χ2v) is 3.76. The Bertz CT molecular complexity index is 461. The first-order valence-electron chi connectivity index (χ1n) is 5.24. The van der Waals surface area contributed by atoms with Crippen molar-refractivity contribution in [2.24, 2.45) is 0 Å². The molecule has 0 atom stereocenters. The van der Waals surface area contributed by atoms with Crippen molar-refractivity contribution in [3.63, 3.8) is 0 Å². The third-order valence-corrected chi connectivity index (χ3v) is 2.47. The van der Waals surface area contributed by atoms with Crippen molar-refractivity contribution in [2.45, 2.75) is 13.3 Å². The predicted molar refractivity (Wildman–Crippen MR) is 63.3 cm³/mol. The summed E-state index contributed by atoms with van der Waals surface area (Å²) in [4.78, 5) is 10.6. The van der Waals surface area contributed by atoms with Crippen molar-refractivity contribution in [1.82, 2.24) is 20.2 Å². The highest BCUT2D eigenvalue weighted by atomic mass is 15.1. The average Bonchev–Trinajstić information content (AvgIpc) is 2.81. The number of hydrogen-bond acceptors (Lipinski definition) is 4. The number of aromatic nitrogens is 4. The number of rotatable bonds is 3. The van der Waals surface area contributed by atoms with Crippen molar-refractivity contribution in [1.29, 1.82) is 0 Å². The standard InChI is InChI=1S/C11H15N5/c1-4-9-10(8-5-14-15-6-8)12-7-13-11(9)16(2)3/h5-7H,4H2,1-3H3,(H,14,15). The third-order valence-electron chi connectivity index (χ3n) is 2.47. The zero-order chi connectivity index (χ0) is 11.5. The molecule has 0 unspecified atom stereocenters. The molecule has 0 amide bonds. The lowest BCUT2D eigenvalue weighted by Gasteiger charge is -2.16. The van der Waals surface area contributed by atoms with Gasteiger partial charge in [-0.2, -0.15) is 5.10 Å². The molecule has 16 heavy (non-hydrogen) atoms. The van der Waals surface area contributed by atoms with E-state index in [1.807, 2.05) is 25.2 Å². The van der Waals surface area contributed by atoms with E-state index >= 15 is 0 Å². The van der Waals surface area contributed by atoms with Crippen LogP contribution in [0.3, 0.4) is 0 Å². The van der Waals surface area contributed by atoms with Crippen molar-refractivity contribution in [2.75, 3.05) is 19.0 Å². The Morgan fingerprint density at radius 3 is 2.69 bits per heavy atom. The smallest absolute Gasteiger partial charge is 0.135 e. The van der Waals surface area contributed by atoms with Crippen LogP contribution >= 0.6 is 0 Å². The number of aromatic amines is 1. The molecule has 0 aromatic carbocycles. The lowest BCUT2D eigenvalue weighted by Crippen LogP contribution is -2.14. The van der Waals surface area contributed by atoms with Gasteiger partial charge >= 0.3 is 0 Å². The maximum atomic E-state index is 4.34. The molecule has 0 spiro atoms. The fourth-order valence-electron chi connectivity index (χ4n) is 1.74. The quantitative estimate of drug-likeness (QED) is 0.846. The Kier molecular flexibility index (Phi) is 2.85. The molecule has 2 heterocycles. The molecule has 0 radical (unpaired) electrons. The number of nitrogens with one attached hydrogen (secondary N) is 1. The van der Waals surface area contributed by atoms with E-state index in [0.717, 1.165) is 29.1 Å². The Morgan fingerprint density at radius 1 is 1.31 bits per heavy atom. The van der Waals surface area contributed by atoms with Gasteiger partial charge in [-0.05, 0) is 6.42 Å². The summed E-state index contributed by atoms with van der Waals surface area (Å²) in [5.74, 6) is 0.966. The number of hydrogen-bond donors (Lipinski definition) is 1. The van der Waals surface area contributed by atoms with Gasteiger partial charge in [0.05, 0.1) is 11.9 Å². The summed E-state index contributed by atoms with van der Waals surface area (Å²) in [5.41, 5.74) is 3.10. The molecule has 5 nitrogen and oxygen atoms in total. The molecule has 0 saturated carbocycles. The molecule has 0 bridgehead atoms. The molecule has 0 fully saturated rings. The van der Waals surface area contributed by atoms with Gasteiger partial charge in [0.1, 0.15) is 12.1 Å². The fraction of sp³-hybridized carbons (Fsp3) is 0.364. The zero-order valence-electron chi connectivity index (χ0n) is 9.73. The maximum Gasteiger partial charge on any atom is 0.135 e. The van der Waals surface area contributed by atoms with Crippen molar-refractivity contribution in [3.8, 4) is 11.3 Å². The van der Waals surface area contributed by atoms with Crippen LogP contribution < -0.4 is 4.90 Å². The second-order valence-electron chi connectivity index (χ2n) is 3.76. The van der Waals surface area contributed by atoms with Crippen LogP contribution in [0, 0.1) is 0 Å². The highest BCUT2D eigenvalue weighted by Crippen LogP contribution is 2.26. The molecular weight excluding hydrogens is 202 g/mol. The van der Waals surface area contributed by atoms with Gasteiger partial charge in [-0.1, -0.05) is 6.92 Å². The zero-order valence-corrected chi connectivity index (χ0v) is 9.73. The highest BCUT2D eigenvalue weighted by Gasteiger charge is 2.13. The molecule has 2 aromatic heterocycles. The van der Waals surface area contributed by atoms with Crippen LogP contribution in [0.25, 0.3) is 11.3 Å². The molecule has 5 heteroatoms. The lowest BCUT2D eigenvalue weighted by atomic mass is 10.1. The summed E-state index contributed by atoms with van der Waals surface area (Å²) < 4.78 is 0. The van der Waals surface area contributed by atoms with Gasteiger partial charge in [-0.25, -0.2) is 9.97 Å². The van der Waals surface area contributed by atoms with Crippen molar-refractivity contribution >= 4 is 5.82 Å².